The van der Waals surface area contributed by atoms with Gasteiger partial charge in [-0.25, -0.2) is 8.42 Å². The first kappa shape index (κ1) is 30.6. The van der Waals surface area contributed by atoms with E-state index in [0.29, 0.717) is 5.75 Å². The van der Waals surface area contributed by atoms with E-state index in [1.54, 1.807) is 6.07 Å². The molecule has 0 fully saturated rings. The number of phenols is 1. The van der Waals surface area contributed by atoms with Gasteiger partial charge in [-0.05, 0) is 24.5 Å². The number of hydrogen-bond acceptors (Lipinski definition) is 5. The van der Waals surface area contributed by atoms with Gasteiger partial charge in [0.1, 0.15) is 5.75 Å². The summed E-state index contributed by atoms with van der Waals surface area (Å²) >= 11 is 0. The summed E-state index contributed by atoms with van der Waals surface area (Å²) in [6.45, 7) is 1.41. The summed E-state index contributed by atoms with van der Waals surface area (Å²) in [6.07, 6.45) is 10.3. The molecular weight excluding hydrogens is 362 g/mol. The van der Waals surface area contributed by atoms with Crippen LogP contribution in [0.2, 0.25) is 0 Å². The summed E-state index contributed by atoms with van der Waals surface area (Å²) in [4.78, 5) is 0. The molecule has 0 atom stereocenters. The van der Waals surface area contributed by atoms with Gasteiger partial charge in [-0.3, -0.25) is 0 Å². The summed E-state index contributed by atoms with van der Waals surface area (Å²) in [6, 6.07) is 7.67. The van der Waals surface area contributed by atoms with Crippen LogP contribution in [0.25, 0.3) is 0 Å². The molecule has 5 nitrogen and oxygen atoms in total. The van der Waals surface area contributed by atoms with Gasteiger partial charge in [0.05, 0.1) is 10.1 Å². The maximum Gasteiger partial charge on any atom is 1.00 e. The fourth-order valence-electron chi connectivity index (χ4n) is 2.10. The third kappa shape index (κ3) is 21.1. The van der Waals surface area contributed by atoms with Crippen LogP contribution >= 0.6 is 0 Å². The molecule has 134 valence electrons. The first-order chi connectivity index (χ1) is 10.9. The third-order valence-corrected chi connectivity index (χ3v) is 4.04. The Bertz CT molecular complexity index is 510. The Labute approximate surface area is 196 Å². The van der Waals surface area contributed by atoms with Crippen molar-refractivity contribution in [1.82, 2.24) is 0 Å². The smallest absolute Gasteiger partial charge is 0.854 e. The van der Waals surface area contributed by atoms with Crippen LogP contribution in [0.15, 0.2) is 24.3 Å². The Morgan fingerprint density at radius 2 is 1.48 bits per heavy atom. The number of unbranched alkanes of at least 4 members (excludes halogenated alkanes) is 6. The monoisotopic (exact) mass is 390 g/mol. The number of benzene rings is 1. The third-order valence-electron chi connectivity index (χ3n) is 3.37. The van der Waals surface area contributed by atoms with E-state index in [1.807, 2.05) is 18.2 Å². The van der Waals surface area contributed by atoms with Crippen molar-refractivity contribution in [2.45, 2.75) is 58.3 Å². The topological polar surface area (TPSA) is 100 Å². The molecule has 1 aromatic rings. The first-order valence-electron chi connectivity index (χ1n) is 8.19. The number of rotatable bonds is 10. The van der Waals surface area contributed by atoms with Crippen LogP contribution in [0.4, 0.5) is 0 Å². The van der Waals surface area contributed by atoms with E-state index in [1.165, 1.54) is 44.9 Å². The maximum absolute atomic E-state index is 9.58. The summed E-state index contributed by atoms with van der Waals surface area (Å²) in [7, 11) is -4.24. The zero-order valence-electron chi connectivity index (χ0n) is 15.9. The molecule has 0 saturated carbocycles. The fourth-order valence-corrected chi connectivity index (χ4v) is 2.30. The van der Waals surface area contributed by atoms with E-state index in [9.17, 15) is 23.2 Å². The van der Waals surface area contributed by atoms with Crippen LogP contribution in [-0.4, -0.2) is 30.4 Å². The predicted octanol–water partition coefficient (Wildman–Crippen LogP) is -3.41. The molecule has 1 rings (SSSR count). The van der Waals surface area contributed by atoms with Gasteiger partial charge >= 0.3 is 59.1 Å². The largest absolute Gasteiger partial charge is 1.00 e. The molecule has 0 saturated heterocycles. The van der Waals surface area contributed by atoms with Crippen molar-refractivity contribution >= 4 is 10.1 Å². The molecule has 0 bridgehead atoms. The molecule has 0 amide bonds. The van der Waals surface area contributed by atoms with E-state index >= 15 is 0 Å². The van der Waals surface area contributed by atoms with Gasteiger partial charge in [-0.15, -0.1) is 6.61 Å². The van der Waals surface area contributed by atoms with E-state index in [2.05, 4.69) is 6.92 Å². The number of para-hydroxylation sites is 1. The molecule has 0 radical (unpaired) electrons. The molecule has 1 aromatic carbocycles. The average molecular weight is 390 g/mol. The van der Waals surface area contributed by atoms with Gasteiger partial charge in [0.15, 0.2) is 0 Å². The molecule has 1 N–H and O–H groups in total. The van der Waals surface area contributed by atoms with Crippen LogP contribution < -0.4 is 64.2 Å². The van der Waals surface area contributed by atoms with E-state index in [4.69, 9.17) is 0 Å². The minimum absolute atomic E-state index is 0. The zero-order valence-corrected chi connectivity index (χ0v) is 20.7. The molecule has 0 aromatic heterocycles. The second kappa shape index (κ2) is 19.6. The summed E-state index contributed by atoms with van der Waals surface area (Å²) in [5.41, 5.74) is 1.09. The van der Waals surface area contributed by atoms with Crippen molar-refractivity contribution < 1.29 is 82.3 Å². The Hall–Kier alpha value is 0.890. The van der Waals surface area contributed by atoms with Gasteiger partial charge < -0.3 is 14.8 Å². The number of aromatic hydroxyl groups is 1. The molecule has 0 aliphatic rings. The van der Waals surface area contributed by atoms with Gasteiger partial charge in [-0.2, -0.15) is 0 Å². The number of phenolic OH excluding ortho intramolecular Hbond substituents is 1. The van der Waals surface area contributed by atoms with Gasteiger partial charge in [0.2, 0.25) is 0 Å². The van der Waals surface area contributed by atoms with Crippen LogP contribution in [-0.2, 0) is 16.5 Å². The van der Waals surface area contributed by atoms with Crippen LogP contribution in [0.5, 0.6) is 5.75 Å². The molecule has 0 aliphatic heterocycles. The Kier molecular flexibility index (Phi) is 24.1. The number of aryl methyl sites for hydroxylation is 1. The van der Waals surface area contributed by atoms with Crippen LogP contribution in [0, 0.1) is 0 Å². The van der Waals surface area contributed by atoms with E-state index < -0.39 is 22.5 Å². The Balaban J connectivity index is -0.000000464. The first-order valence-corrected chi connectivity index (χ1v) is 9.77. The van der Waals surface area contributed by atoms with E-state index in [0.717, 1.165) is 12.0 Å². The Morgan fingerprint density at radius 1 is 0.960 bits per heavy atom. The summed E-state index contributed by atoms with van der Waals surface area (Å²) < 4.78 is 28.4. The maximum atomic E-state index is 9.58. The molecule has 0 aliphatic carbocycles. The van der Waals surface area contributed by atoms with Crippen molar-refractivity contribution in [3.05, 3.63) is 29.8 Å². The fraction of sp³-hybridized carbons (Fsp3) is 0.647. The molecule has 25 heavy (non-hydrogen) atoms. The minimum Gasteiger partial charge on any atom is -0.854 e. The van der Waals surface area contributed by atoms with E-state index in [-0.39, 0.29) is 59.1 Å². The van der Waals surface area contributed by atoms with Crippen molar-refractivity contribution in [3.63, 3.8) is 0 Å². The van der Waals surface area contributed by atoms with Gasteiger partial charge in [-0.1, -0.05) is 63.6 Å². The average Bonchev–Trinajstić information content (AvgIpc) is 2.47. The van der Waals surface area contributed by atoms with Gasteiger partial charge in [0, 0.05) is 5.75 Å². The van der Waals surface area contributed by atoms with Crippen molar-refractivity contribution in [2.75, 3.05) is 12.4 Å². The molecular formula is C17H28Na2O5S. The predicted molar refractivity (Wildman–Crippen MR) is 89.2 cm³/mol. The second-order valence-electron chi connectivity index (χ2n) is 5.47. The summed E-state index contributed by atoms with van der Waals surface area (Å²) in [5, 5.41) is 18.9. The normalized spacial score (nSPS) is 10.0. The van der Waals surface area contributed by atoms with Gasteiger partial charge in [0.25, 0.3) is 0 Å². The molecule has 0 heterocycles. The SMILES string of the molecule is CCCCCCCCCc1ccccc1O.O=S(=O)([O-])CC[O-].[Na+].[Na+]. The molecule has 8 heteroatoms. The van der Waals surface area contributed by atoms with Crippen LogP contribution in [0.1, 0.15) is 57.4 Å². The second-order valence-corrected chi connectivity index (χ2v) is 6.99. The summed E-state index contributed by atoms with van der Waals surface area (Å²) in [5.74, 6) is -0.346. The molecule has 0 unspecified atom stereocenters. The Morgan fingerprint density at radius 3 is 1.92 bits per heavy atom. The van der Waals surface area contributed by atoms with Crippen molar-refractivity contribution in [1.29, 1.82) is 0 Å². The van der Waals surface area contributed by atoms with Crippen LogP contribution in [0.3, 0.4) is 0 Å². The quantitative estimate of drug-likeness (QED) is 0.255. The standard InChI is InChI=1S/C15H24O.C2H5O4S.2Na/c1-2-3-4-5-6-7-8-11-14-12-9-10-13-15(14)16;3-1-2-7(4,5)6;;/h9-10,12-13,16H,2-8,11H2,1H3;1-2H2,(H,4,5,6);;/q;-1;2*+1/p-1. The zero-order chi connectivity index (χ0) is 17.6. The minimum atomic E-state index is -4.24. The molecule has 0 spiro atoms. The van der Waals surface area contributed by atoms with Crippen molar-refractivity contribution in [2.24, 2.45) is 0 Å². The van der Waals surface area contributed by atoms with Crippen molar-refractivity contribution in [3.8, 4) is 5.75 Å². The number of hydrogen-bond donors (Lipinski definition) is 1.